The van der Waals surface area contributed by atoms with Crippen LogP contribution < -0.4 is 0 Å². The number of benzene rings is 2. The average Bonchev–Trinajstić information content (AvgIpc) is 2.68. The van der Waals surface area contributed by atoms with Gasteiger partial charge in [0.2, 0.25) is 0 Å². The number of halogens is 2. The molecule has 0 N–H and O–H groups in total. The molecular formula is C26H30F2. The van der Waals surface area contributed by atoms with Gasteiger partial charge >= 0.3 is 0 Å². The van der Waals surface area contributed by atoms with E-state index in [1.807, 2.05) is 19.1 Å². The molecule has 2 aromatic rings. The Labute approximate surface area is 167 Å². The number of aryl methyl sites for hydroxylation is 1. The number of allylic oxidation sites excluding steroid dienone is 2. The Morgan fingerprint density at radius 3 is 2.18 bits per heavy atom. The van der Waals surface area contributed by atoms with E-state index in [4.69, 9.17) is 0 Å². The molecule has 0 amide bonds. The smallest absolute Gasteiger partial charge is 0.134 e. The molecule has 0 bridgehead atoms. The third-order valence-corrected chi connectivity index (χ3v) is 6.99. The summed E-state index contributed by atoms with van der Waals surface area (Å²) in [5.74, 6) is 1.65. The van der Waals surface area contributed by atoms with Gasteiger partial charge in [-0.05, 0) is 99.3 Å². The van der Waals surface area contributed by atoms with Crippen LogP contribution in [0.15, 0.2) is 48.6 Å². The fourth-order valence-electron chi connectivity index (χ4n) is 5.50. The van der Waals surface area contributed by atoms with Gasteiger partial charge < -0.3 is 0 Å². The molecule has 0 spiro atoms. The van der Waals surface area contributed by atoms with E-state index in [0.29, 0.717) is 11.5 Å². The molecule has 2 aliphatic rings. The first-order chi connectivity index (χ1) is 13.5. The quantitative estimate of drug-likeness (QED) is 0.476. The van der Waals surface area contributed by atoms with Crippen molar-refractivity contribution in [2.24, 2.45) is 17.8 Å². The van der Waals surface area contributed by atoms with Gasteiger partial charge in [0.25, 0.3) is 0 Å². The molecule has 2 aromatic carbocycles. The van der Waals surface area contributed by atoms with Gasteiger partial charge in [-0.2, -0.15) is 0 Å². The Kier molecular flexibility index (Phi) is 5.66. The molecule has 0 heterocycles. The normalized spacial score (nSPS) is 27.7. The van der Waals surface area contributed by atoms with E-state index >= 15 is 0 Å². The van der Waals surface area contributed by atoms with Gasteiger partial charge in [-0.15, -0.1) is 0 Å². The van der Waals surface area contributed by atoms with Crippen molar-refractivity contribution in [2.45, 2.75) is 58.3 Å². The topological polar surface area (TPSA) is 0 Å². The molecule has 0 nitrogen and oxygen atoms in total. The zero-order valence-electron chi connectivity index (χ0n) is 16.9. The maximum Gasteiger partial charge on any atom is 0.134 e. The van der Waals surface area contributed by atoms with Crippen molar-refractivity contribution in [1.29, 1.82) is 0 Å². The summed E-state index contributed by atoms with van der Waals surface area (Å²) in [6, 6.07) is 10.6. The average molecular weight is 381 g/mol. The zero-order chi connectivity index (χ0) is 19.7. The second kappa shape index (κ2) is 8.19. The summed E-state index contributed by atoms with van der Waals surface area (Å²) in [6.45, 7) is 4.08. The van der Waals surface area contributed by atoms with Crippen molar-refractivity contribution in [1.82, 2.24) is 0 Å². The van der Waals surface area contributed by atoms with Gasteiger partial charge in [-0.1, -0.05) is 42.0 Å². The van der Waals surface area contributed by atoms with Crippen molar-refractivity contribution in [3.05, 3.63) is 71.3 Å². The van der Waals surface area contributed by atoms with E-state index in [1.54, 1.807) is 24.3 Å². The van der Waals surface area contributed by atoms with Crippen LogP contribution >= 0.6 is 0 Å². The Morgan fingerprint density at radius 2 is 1.50 bits per heavy atom. The summed E-state index contributed by atoms with van der Waals surface area (Å²) in [5.41, 5.74) is 2.64. The second-order valence-corrected chi connectivity index (χ2v) is 8.85. The van der Waals surface area contributed by atoms with Crippen LogP contribution in [0.4, 0.5) is 8.78 Å². The summed E-state index contributed by atoms with van der Waals surface area (Å²) >= 11 is 0. The van der Waals surface area contributed by atoms with Gasteiger partial charge in [0.15, 0.2) is 0 Å². The molecule has 0 saturated heterocycles. The summed E-state index contributed by atoms with van der Waals surface area (Å²) in [4.78, 5) is 0. The Bertz CT molecular complexity index is 826. The molecule has 4 rings (SSSR count). The standard InChI is InChI=1S/C26H30F2/c1-3-4-18-7-10-21-14-22(12-11-20(21)13-18)23-15-24(27)26(25(28)16-23)19-8-5-17(2)6-9-19/h3-6,8-9,15-16,18,20-22H,7,10-14H2,1-2H3/b4-3+. The summed E-state index contributed by atoms with van der Waals surface area (Å²) in [5, 5.41) is 0. The molecular weight excluding hydrogens is 350 g/mol. The number of rotatable bonds is 3. The van der Waals surface area contributed by atoms with E-state index in [1.165, 1.54) is 25.7 Å². The van der Waals surface area contributed by atoms with Crippen molar-refractivity contribution in [3.63, 3.8) is 0 Å². The highest BCUT2D eigenvalue weighted by molar-refractivity contribution is 5.65. The first-order valence-electron chi connectivity index (χ1n) is 10.7. The maximum absolute atomic E-state index is 14.9. The molecule has 2 heteroatoms. The van der Waals surface area contributed by atoms with Gasteiger partial charge in [0, 0.05) is 0 Å². The predicted molar refractivity (Wildman–Crippen MR) is 112 cm³/mol. The summed E-state index contributed by atoms with van der Waals surface area (Å²) < 4.78 is 29.7. The number of hydrogen-bond donors (Lipinski definition) is 0. The molecule has 148 valence electrons. The lowest BCUT2D eigenvalue weighted by atomic mass is 9.64. The molecule has 0 radical (unpaired) electrons. The van der Waals surface area contributed by atoms with E-state index in [9.17, 15) is 8.78 Å². The Morgan fingerprint density at radius 1 is 0.857 bits per heavy atom. The minimum atomic E-state index is -0.433. The molecule has 0 aromatic heterocycles. The van der Waals surface area contributed by atoms with Crippen LogP contribution in [0.3, 0.4) is 0 Å². The van der Waals surface area contributed by atoms with Crippen molar-refractivity contribution in [3.8, 4) is 11.1 Å². The Balaban J connectivity index is 1.52. The fraction of sp³-hybridized carbons (Fsp3) is 0.462. The van der Waals surface area contributed by atoms with Crippen LogP contribution in [0.5, 0.6) is 0 Å². The molecule has 28 heavy (non-hydrogen) atoms. The third-order valence-electron chi connectivity index (χ3n) is 6.99. The van der Waals surface area contributed by atoms with Gasteiger partial charge in [-0.25, -0.2) is 8.78 Å². The first-order valence-corrected chi connectivity index (χ1v) is 10.7. The molecule has 2 saturated carbocycles. The van der Waals surface area contributed by atoms with Gasteiger partial charge in [0.1, 0.15) is 11.6 Å². The van der Waals surface area contributed by atoms with E-state index in [2.05, 4.69) is 19.1 Å². The first kappa shape index (κ1) is 19.4. The largest absolute Gasteiger partial charge is 0.206 e. The van der Waals surface area contributed by atoms with Crippen LogP contribution in [-0.4, -0.2) is 0 Å². The van der Waals surface area contributed by atoms with Crippen LogP contribution in [-0.2, 0) is 0 Å². The minimum Gasteiger partial charge on any atom is -0.206 e. The van der Waals surface area contributed by atoms with Crippen LogP contribution in [0.1, 0.15) is 62.5 Å². The summed E-state index contributed by atoms with van der Waals surface area (Å²) in [7, 11) is 0. The SMILES string of the molecule is C/C=C/C1CCC2CC(c3cc(F)c(-c4ccc(C)cc4)c(F)c3)CCC2C1. The minimum absolute atomic E-state index is 0.101. The third kappa shape index (κ3) is 3.92. The lowest BCUT2D eigenvalue weighted by Gasteiger charge is -2.42. The van der Waals surface area contributed by atoms with E-state index < -0.39 is 11.6 Å². The van der Waals surface area contributed by atoms with Crippen molar-refractivity contribution >= 4 is 0 Å². The van der Waals surface area contributed by atoms with Crippen molar-refractivity contribution in [2.75, 3.05) is 0 Å². The highest BCUT2D eigenvalue weighted by Crippen LogP contribution is 2.48. The molecule has 4 unspecified atom stereocenters. The maximum atomic E-state index is 14.9. The van der Waals surface area contributed by atoms with E-state index in [-0.39, 0.29) is 11.5 Å². The van der Waals surface area contributed by atoms with Crippen LogP contribution in [0.2, 0.25) is 0 Å². The van der Waals surface area contributed by atoms with Crippen LogP contribution in [0.25, 0.3) is 11.1 Å². The predicted octanol–water partition coefficient (Wildman–Crippen LogP) is 7.82. The fourth-order valence-corrected chi connectivity index (χ4v) is 5.50. The second-order valence-electron chi connectivity index (χ2n) is 8.85. The van der Waals surface area contributed by atoms with Crippen LogP contribution in [0, 0.1) is 36.3 Å². The molecule has 4 atom stereocenters. The van der Waals surface area contributed by atoms with E-state index in [0.717, 1.165) is 35.8 Å². The molecule has 0 aliphatic heterocycles. The Hall–Kier alpha value is -1.96. The molecule has 2 aliphatic carbocycles. The number of hydrogen-bond acceptors (Lipinski definition) is 0. The lowest BCUT2D eigenvalue weighted by Crippen LogP contribution is -2.30. The monoisotopic (exact) mass is 380 g/mol. The molecule has 2 fully saturated rings. The van der Waals surface area contributed by atoms with Crippen molar-refractivity contribution < 1.29 is 8.78 Å². The summed E-state index contributed by atoms with van der Waals surface area (Å²) in [6.07, 6.45) is 11.6. The van der Waals surface area contributed by atoms with Gasteiger partial charge in [0.05, 0.1) is 5.56 Å². The zero-order valence-corrected chi connectivity index (χ0v) is 16.9. The van der Waals surface area contributed by atoms with Gasteiger partial charge in [-0.3, -0.25) is 0 Å². The lowest BCUT2D eigenvalue weighted by molar-refractivity contribution is 0.133. The highest BCUT2D eigenvalue weighted by Gasteiger charge is 2.35. The highest BCUT2D eigenvalue weighted by atomic mass is 19.1. The number of fused-ring (bicyclic) bond motifs is 1.